The summed E-state index contributed by atoms with van der Waals surface area (Å²) in [6, 6.07) is 16.8. The fraction of sp³-hybridized carbons (Fsp3) is 0.348. The van der Waals surface area contributed by atoms with Crippen LogP contribution >= 0.6 is 0 Å². The molecule has 0 saturated heterocycles. The number of carbonyl (C=O) groups excluding carboxylic acids is 1. The van der Waals surface area contributed by atoms with Crippen LogP contribution in [0.5, 0.6) is 5.75 Å². The molecule has 27 heavy (non-hydrogen) atoms. The minimum absolute atomic E-state index is 0.152. The van der Waals surface area contributed by atoms with E-state index in [0.29, 0.717) is 25.8 Å². The fourth-order valence-electron chi connectivity index (χ4n) is 3.22. The lowest BCUT2D eigenvalue weighted by Crippen LogP contribution is -2.19. The van der Waals surface area contributed by atoms with Gasteiger partial charge in [-0.05, 0) is 48.6 Å². The second-order valence-corrected chi connectivity index (χ2v) is 6.44. The second kappa shape index (κ2) is 9.80. The van der Waals surface area contributed by atoms with Crippen LogP contribution in [0.2, 0.25) is 0 Å². The minimum Gasteiger partial charge on any atom is -0.489 e. The van der Waals surface area contributed by atoms with Crippen LogP contribution < -0.4 is 10.1 Å². The third-order valence-corrected chi connectivity index (χ3v) is 4.54. The third-order valence-electron chi connectivity index (χ3n) is 4.54. The van der Waals surface area contributed by atoms with E-state index < -0.39 is 0 Å². The summed E-state index contributed by atoms with van der Waals surface area (Å²) < 4.78 is 10.8. The van der Waals surface area contributed by atoms with Crippen LogP contribution in [0.1, 0.15) is 42.5 Å². The summed E-state index contributed by atoms with van der Waals surface area (Å²) in [6.07, 6.45) is 2.24. The average Bonchev–Trinajstić information content (AvgIpc) is 3.09. The van der Waals surface area contributed by atoms with Crippen molar-refractivity contribution in [1.29, 1.82) is 0 Å². The van der Waals surface area contributed by atoms with E-state index in [2.05, 4.69) is 41.4 Å². The van der Waals surface area contributed by atoms with E-state index >= 15 is 0 Å². The van der Waals surface area contributed by atoms with E-state index in [-0.39, 0.29) is 12.4 Å². The van der Waals surface area contributed by atoms with Crippen LogP contribution in [0.4, 0.5) is 0 Å². The van der Waals surface area contributed by atoms with Crippen LogP contribution in [0, 0.1) is 11.8 Å². The number of rotatable bonds is 7. The molecule has 0 amide bonds. The van der Waals surface area contributed by atoms with E-state index in [9.17, 15) is 4.79 Å². The van der Waals surface area contributed by atoms with E-state index in [1.165, 1.54) is 16.7 Å². The Kier molecular flexibility index (Phi) is 6.90. The Bertz CT molecular complexity index is 821. The van der Waals surface area contributed by atoms with Gasteiger partial charge in [0.15, 0.2) is 0 Å². The molecule has 4 heteroatoms. The number of esters is 1. The second-order valence-electron chi connectivity index (χ2n) is 6.44. The largest absolute Gasteiger partial charge is 0.489 e. The molecule has 0 saturated carbocycles. The Hall–Kier alpha value is -2.77. The van der Waals surface area contributed by atoms with Crippen molar-refractivity contribution < 1.29 is 14.3 Å². The number of nitrogens with one attached hydrogen (secondary N) is 1. The Morgan fingerprint density at radius 1 is 1.19 bits per heavy atom. The van der Waals surface area contributed by atoms with Crippen molar-refractivity contribution in [3.8, 4) is 17.6 Å². The van der Waals surface area contributed by atoms with Crippen LogP contribution in [-0.4, -0.2) is 19.1 Å². The summed E-state index contributed by atoms with van der Waals surface area (Å²) in [7, 11) is 0. The van der Waals surface area contributed by atoms with Crippen LogP contribution in [0.15, 0.2) is 48.5 Å². The van der Waals surface area contributed by atoms with Crippen LogP contribution in [0.25, 0.3) is 0 Å². The highest BCUT2D eigenvalue weighted by molar-refractivity contribution is 5.72. The molecule has 1 unspecified atom stereocenters. The van der Waals surface area contributed by atoms with Gasteiger partial charge in [-0.3, -0.25) is 10.1 Å². The lowest BCUT2D eigenvalue weighted by Gasteiger charge is -2.13. The maximum atomic E-state index is 11.2. The summed E-state index contributed by atoms with van der Waals surface area (Å²) in [5.74, 6) is 6.49. The molecule has 140 valence electrons. The lowest BCUT2D eigenvalue weighted by atomic mass is 10.1. The minimum atomic E-state index is -0.265. The van der Waals surface area contributed by atoms with Gasteiger partial charge in [0.25, 0.3) is 0 Å². The summed E-state index contributed by atoms with van der Waals surface area (Å²) in [5.41, 5.74) is 3.81. The van der Waals surface area contributed by atoms with Gasteiger partial charge >= 0.3 is 5.97 Å². The van der Waals surface area contributed by atoms with Gasteiger partial charge in [-0.2, -0.15) is 0 Å². The smallest absolute Gasteiger partial charge is 0.317 e. The standard InChI is InChI=1S/C23H25NO3/c1-2-26-23(25)10-6-7-15-24-22-14-11-19-16-20(12-13-21(19)22)27-17-18-8-4-3-5-9-18/h3-5,8-9,12-13,16,22,24H,2,10-11,14-15,17H2,1H3. The number of fused-ring (bicyclic) bond motifs is 1. The van der Waals surface area contributed by atoms with Gasteiger partial charge in [0.2, 0.25) is 0 Å². The third kappa shape index (κ3) is 5.60. The zero-order chi connectivity index (χ0) is 18.9. The van der Waals surface area contributed by atoms with Gasteiger partial charge in [0, 0.05) is 6.04 Å². The highest BCUT2D eigenvalue weighted by Gasteiger charge is 2.22. The molecule has 0 radical (unpaired) electrons. The monoisotopic (exact) mass is 363 g/mol. The summed E-state index contributed by atoms with van der Waals surface area (Å²) in [4.78, 5) is 11.2. The molecule has 4 nitrogen and oxygen atoms in total. The summed E-state index contributed by atoms with van der Waals surface area (Å²) in [6.45, 7) is 3.34. The van der Waals surface area contributed by atoms with Crippen LogP contribution in [0.3, 0.4) is 0 Å². The lowest BCUT2D eigenvalue weighted by molar-refractivity contribution is -0.141. The van der Waals surface area contributed by atoms with E-state index in [1.54, 1.807) is 6.92 Å². The molecule has 0 aromatic heterocycles. The SMILES string of the molecule is CCOC(=O)CC#CCNC1CCc2cc(OCc3ccccc3)ccc21. The number of hydrogen-bond acceptors (Lipinski definition) is 4. The van der Waals surface area contributed by atoms with Gasteiger partial charge in [0.1, 0.15) is 18.8 Å². The highest BCUT2D eigenvalue weighted by Crippen LogP contribution is 2.33. The van der Waals surface area contributed by atoms with Gasteiger partial charge in [-0.15, -0.1) is 0 Å². The van der Waals surface area contributed by atoms with Crippen molar-refractivity contribution in [2.24, 2.45) is 0 Å². The van der Waals surface area contributed by atoms with Crippen molar-refractivity contribution in [2.45, 2.75) is 38.8 Å². The molecule has 2 aromatic rings. The molecule has 0 bridgehead atoms. The summed E-state index contributed by atoms with van der Waals surface area (Å²) in [5, 5.41) is 3.45. The highest BCUT2D eigenvalue weighted by atomic mass is 16.5. The molecule has 0 spiro atoms. The number of hydrogen-bond donors (Lipinski definition) is 1. The van der Waals surface area contributed by atoms with E-state index in [0.717, 1.165) is 18.6 Å². The molecule has 1 aliphatic carbocycles. The average molecular weight is 363 g/mol. The van der Waals surface area contributed by atoms with Crippen molar-refractivity contribution >= 4 is 5.97 Å². The Morgan fingerprint density at radius 2 is 2.04 bits per heavy atom. The van der Waals surface area contributed by atoms with Gasteiger partial charge in [-0.1, -0.05) is 48.2 Å². The topological polar surface area (TPSA) is 47.6 Å². The molecular weight excluding hydrogens is 338 g/mol. The van der Waals surface area contributed by atoms with Crippen molar-refractivity contribution in [1.82, 2.24) is 5.32 Å². The molecule has 2 aromatic carbocycles. The molecule has 1 atom stereocenters. The first-order chi connectivity index (χ1) is 13.3. The fourth-order valence-corrected chi connectivity index (χ4v) is 3.22. The van der Waals surface area contributed by atoms with Gasteiger partial charge in [-0.25, -0.2) is 0 Å². The van der Waals surface area contributed by atoms with Gasteiger partial charge < -0.3 is 9.47 Å². The van der Waals surface area contributed by atoms with E-state index in [4.69, 9.17) is 9.47 Å². The number of benzene rings is 2. The number of aryl methyl sites for hydroxylation is 1. The summed E-state index contributed by atoms with van der Waals surface area (Å²) >= 11 is 0. The van der Waals surface area contributed by atoms with Crippen LogP contribution in [-0.2, 0) is 22.6 Å². The molecule has 0 fully saturated rings. The quantitative estimate of drug-likeness (QED) is 0.600. The van der Waals surface area contributed by atoms with Gasteiger partial charge in [0.05, 0.1) is 13.2 Å². The molecule has 0 aliphatic heterocycles. The van der Waals surface area contributed by atoms with Crippen molar-refractivity contribution in [2.75, 3.05) is 13.2 Å². The Balaban J connectivity index is 1.49. The number of carbonyl (C=O) groups is 1. The van der Waals surface area contributed by atoms with E-state index in [1.807, 2.05) is 24.3 Å². The molecule has 0 heterocycles. The first-order valence-electron chi connectivity index (χ1n) is 9.40. The predicted octanol–water partition coefficient (Wildman–Crippen LogP) is 3.80. The molecule has 3 rings (SSSR count). The predicted molar refractivity (Wildman–Crippen MR) is 105 cm³/mol. The maximum absolute atomic E-state index is 11.2. The molecule has 1 aliphatic rings. The molecule has 1 N–H and O–H groups in total. The normalized spacial score (nSPS) is 14.8. The van der Waals surface area contributed by atoms with Crippen molar-refractivity contribution in [3.05, 3.63) is 65.2 Å². The van der Waals surface area contributed by atoms with Crippen molar-refractivity contribution in [3.63, 3.8) is 0 Å². The zero-order valence-corrected chi connectivity index (χ0v) is 15.7. The molecular formula is C23H25NO3. The Morgan fingerprint density at radius 3 is 2.85 bits per heavy atom. The number of ether oxygens (including phenoxy) is 2. The Labute approximate surface area is 160 Å². The maximum Gasteiger partial charge on any atom is 0.317 e. The first kappa shape index (κ1) is 19.0. The zero-order valence-electron chi connectivity index (χ0n) is 15.7. The first-order valence-corrected chi connectivity index (χ1v) is 9.40.